The average molecular weight is 222 g/mol. The number of nitrogens with one attached hydrogen (secondary N) is 1. The first kappa shape index (κ1) is 11.9. The van der Waals surface area contributed by atoms with Crippen molar-refractivity contribution in [1.82, 2.24) is 5.32 Å². The molecule has 0 aromatic heterocycles. The lowest BCUT2D eigenvalue weighted by Crippen LogP contribution is -2.29. The molecule has 0 aliphatic heterocycles. The highest BCUT2D eigenvalue weighted by Crippen LogP contribution is 2.24. The van der Waals surface area contributed by atoms with E-state index in [2.05, 4.69) is 11.9 Å². The van der Waals surface area contributed by atoms with Gasteiger partial charge in [0.2, 0.25) is 0 Å². The first-order valence-electron chi connectivity index (χ1n) is 4.74. The molecule has 1 aromatic carbocycles. The Balaban J connectivity index is 2.46. The first-order chi connectivity index (χ1) is 7.50. The van der Waals surface area contributed by atoms with Crippen LogP contribution in [0.4, 0.5) is 0 Å². The standard InChI is InChI=1S/C11H14N2O3/c1-7(12)11(16)13-5-4-8-2-3-9(14)10(15)6-8/h2-3,6,14-15H,1,4-5,12H2,(H,13,16). The largest absolute Gasteiger partial charge is 0.504 e. The Morgan fingerprint density at radius 3 is 2.62 bits per heavy atom. The molecular weight excluding hydrogens is 208 g/mol. The van der Waals surface area contributed by atoms with E-state index in [9.17, 15) is 9.90 Å². The molecule has 5 N–H and O–H groups in total. The van der Waals surface area contributed by atoms with Gasteiger partial charge in [0.25, 0.3) is 5.91 Å². The van der Waals surface area contributed by atoms with Gasteiger partial charge in [-0.2, -0.15) is 0 Å². The van der Waals surface area contributed by atoms with Crippen molar-refractivity contribution < 1.29 is 15.0 Å². The summed E-state index contributed by atoms with van der Waals surface area (Å²) in [7, 11) is 0. The number of aromatic hydroxyl groups is 2. The maximum absolute atomic E-state index is 11.0. The molecule has 16 heavy (non-hydrogen) atoms. The van der Waals surface area contributed by atoms with E-state index in [1.165, 1.54) is 12.1 Å². The number of carbonyl (C=O) groups is 1. The molecule has 0 saturated heterocycles. The van der Waals surface area contributed by atoms with Crippen LogP contribution in [0.1, 0.15) is 5.56 Å². The van der Waals surface area contributed by atoms with Crippen LogP contribution < -0.4 is 11.1 Å². The fourth-order valence-corrected chi connectivity index (χ4v) is 1.16. The number of phenols is 2. The van der Waals surface area contributed by atoms with Gasteiger partial charge in [0, 0.05) is 6.54 Å². The molecule has 5 heteroatoms. The van der Waals surface area contributed by atoms with E-state index in [0.29, 0.717) is 13.0 Å². The molecular formula is C11H14N2O3. The number of carbonyl (C=O) groups excluding carboxylic acids is 1. The second-order valence-corrected chi connectivity index (χ2v) is 3.35. The Kier molecular flexibility index (Phi) is 3.77. The van der Waals surface area contributed by atoms with E-state index in [0.717, 1.165) is 5.56 Å². The predicted molar refractivity (Wildman–Crippen MR) is 59.8 cm³/mol. The lowest BCUT2D eigenvalue weighted by molar-refractivity contribution is -0.117. The molecule has 0 radical (unpaired) electrons. The molecule has 0 atom stereocenters. The highest BCUT2D eigenvalue weighted by molar-refractivity contribution is 5.91. The molecule has 0 unspecified atom stereocenters. The minimum atomic E-state index is -0.400. The minimum absolute atomic E-state index is 0.0337. The summed E-state index contributed by atoms with van der Waals surface area (Å²) in [6.45, 7) is 3.69. The molecule has 1 aromatic rings. The van der Waals surface area contributed by atoms with Crippen molar-refractivity contribution >= 4 is 5.91 Å². The lowest BCUT2D eigenvalue weighted by Gasteiger charge is -2.05. The predicted octanol–water partition coefficient (Wildman–Crippen LogP) is 0.229. The number of hydrogen-bond acceptors (Lipinski definition) is 4. The summed E-state index contributed by atoms with van der Waals surface area (Å²) in [6, 6.07) is 4.51. The Morgan fingerprint density at radius 1 is 1.38 bits per heavy atom. The van der Waals surface area contributed by atoms with Gasteiger partial charge in [0.05, 0.1) is 5.70 Å². The average Bonchev–Trinajstić information content (AvgIpc) is 2.23. The molecule has 1 amide bonds. The topological polar surface area (TPSA) is 95.6 Å². The summed E-state index contributed by atoms with van der Waals surface area (Å²) in [5, 5.41) is 20.9. The van der Waals surface area contributed by atoms with Gasteiger partial charge in [-0.05, 0) is 24.1 Å². The molecule has 86 valence electrons. The monoisotopic (exact) mass is 222 g/mol. The molecule has 0 bridgehead atoms. The highest BCUT2D eigenvalue weighted by atomic mass is 16.3. The summed E-state index contributed by atoms with van der Waals surface area (Å²) in [5.41, 5.74) is 5.95. The molecule has 1 rings (SSSR count). The maximum Gasteiger partial charge on any atom is 0.266 e. The van der Waals surface area contributed by atoms with Gasteiger partial charge in [-0.3, -0.25) is 4.79 Å². The molecule has 5 nitrogen and oxygen atoms in total. The van der Waals surface area contributed by atoms with Crippen molar-refractivity contribution in [2.45, 2.75) is 6.42 Å². The second kappa shape index (κ2) is 5.06. The van der Waals surface area contributed by atoms with Crippen LogP contribution in [0.5, 0.6) is 11.5 Å². The van der Waals surface area contributed by atoms with Crippen LogP contribution in [-0.4, -0.2) is 22.7 Å². The number of benzene rings is 1. The summed E-state index contributed by atoms with van der Waals surface area (Å²) in [4.78, 5) is 11.0. The third kappa shape index (κ3) is 3.20. The van der Waals surface area contributed by atoms with Gasteiger partial charge in [-0.15, -0.1) is 0 Å². The van der Waals surface area contributed by atoms with Crippen LogP contribution >= 0.6 is 0 Å². The third-order valence-corrected chi connectivity index (χ3v) is 2.03. The lowest BCUT2D eigenvalue weighted by atomic mass is 10.1. The van der Waals surface area contributed by atoms with Gasteiger partial charge >= 0.3 is 0 Å². The Bertz CT molecular complexity index is 416. The number of nitrogens with two attached hydrogens (primary N) is 1. The minimum Gasteiger partial charge on any atom is -0.504 e. The van der Waals surface area contributed by atoms with Crippen LogP contribution in [-0.2, 0) is 11.2 Å². The fraction of sp³-hybridized carbons (Fsp3) is 0.182. The van der Waals surface area contributed by atoms with Gasteiger partial charge in [0.1, 0.15) is 0 Å². The van der Waals surface area contributed by atoms with E-state index >= 15 is 0 Å². The molecule has 0 fully saturated rings. The zero-order chi connectivity index (χ0) is 12.1. The van der Waals surface area contributed by atoms with Gasteiger partial charge < -0.3 is 21.3 Å². The zero-order valence-corrected chi connectivity index (χ0v) is 8.73. The fourth-order valence-electron chi connectivity index (χ4n) is 1.16. The van der Waals surface area contributed by atoms with Crippen LogP contribution in [0.25, 0.3) is 0 Å². The second-order valence-electron chi connectivity index (χ2n) is 3.35. The van der Waals surface area contributed by atoms with E-state index in [1.54, 1.807) is 6.07 Å². The third-order valence-electron chi connectivity index (χ3n) is 2.03. The van der Waals surface area contributed by atoms with Crippen molar-refractivity contribution in [2.75, 3.05) is 6.54 Å². The summed E-state index contributed by atoms with van der Waals surface area (Å²) < 4.78 is 0. The summed E-state index contributed by atoms with van der Waals surface area (Å²) in [6.07, 6.45) is 0.535. The highest BCUT2D eigenvalue weighted by Gasteiger charge is 2.03. The zero-order valence-electron chi connectivity index (χ0n) is 8.73. The van der Waals surface area contributed by atoms with Crippen molar-refractivity contribution in [3.05, 3.63) is 36.0 Å². The van der Waals surface area contributed by atoms with Crippen molar-refractivity contribution in [1.29, 1.82) is 0 Å². The maximum atomic E-state index is 11.0. The molecule has 0 aliphatic rings. The smallest absolute Gasteiger partial charge is 0.266 e. The number of phenolic OH excluding ortho intramolecular Hbond substituents is 2. The van der Waals surface area contributed by atoms with Gasteiger partial charge in [-0.1, -0.05) is 12.6 Å². The summed E-state index contributed by atoms with van der Waals surface area (Å²) in [5.74, 6) is -0.738. The summed E-state index contributed by atoms with van der Waals surface area (Å²) >= 11 is 0. The number of hydrogen-bond donors (Lipinski definition) is 4. The normalized spacial score (nSPS) is 9.75. The van der Waals surface area contributed by atoms with Crippen LogP contribution in [0, 0.1) is 0 Å². The van der Waals surface area contributed by atoms with Crippen LogP contribution in [0.2, 0.25) is 0 Å². The van der Waals surface area contributed by atoms with E-state index in [-0.39, 0.29) is 17.2 Å². The van der Waals surface area contributed by atoms with Crippen LogP contribution in [0.3, 0.4) is 0 Å². The molecule has 0 spiro atoms. The Labute approximate surface area is 93.2 Å². The van der Waals surface area contributed by atoms with Crippen LogP contribution in [0.15, 0.2) is 30.5 Å². The molecule has 0 heterocycles. The Hall–Kier alpha value is -2.17. The van der Waals surface area contributed by atoms with E-state index < -0.39 is 5.91 Å². The van der Waals surface area contributed by atoms with E-state index in [1.807, 2.05) is 0 Å². The number of rotatable bonds is 4. The Morgan fingerprint density at radius 2 is 2.06 bits per heavy atom. The quantitative estimate of drug-likeness (QED) is 0.433. The SMILES string of the molecule is C=C(N)C(=O)NCCc1ccc(O)c(O)c1. The van der Waals surface area contributed by atoms with Crippen molar-refractivity contribution in [3.63, 3.8) is 0 Å². The molecule has 0 saturated carbocycles. The molecule has 0 aliphatic carbocycles. The van der Waals surface area contributed by atoms with E-state index in [4.69, 9.17) is 10.8 Å². The number of amides is 1. The van der Waals surface area contributed by atoms with Gasteiger partial charge in [-0.25, -0.2) is 0 Å². The van der Waals surface area contributed by atoms with Gasteiger partial charge in [0.15, 0.2) is 11.5 Å². The van der Waals surface area contributed by atoms with Crippen molar-refractivity contribution in [2.24, 2.45) is 5.73 Å². The first-order valence-corrected chi connectivity index (χ1v) is 4.74. The van der Waals surface area contributed by atoms with Crippen molar-refractivity contribution in [3.8, 4) is 11.5 Å².